The monoisotopic (exact) mass is 366 g/mol. The lowest BCUT2D eigenvalue weighted by Crippen LogP contribution is -2.57. The van der Waals surface area contributed by atoms with Gasteiger partial charge in [0.15, 0.2) is 0 Å². The Morgan fingerprint density at radius 2 is 1.65 bits per heavy atom. The summed E-state index contributed by atoms with van der Waals surface area (Å²) in [6, 6.07) is 1.64. The summed E-state index contributed by atoms with van der Waals surface area (Å²) in [5.74, 6) is 0.220. The number of rotatable bonds is 8. The number of amides is 1. The number of nitrogens with zero attached hydrogens (tertiary/aromatic N) is 4. The molecule has 0 aliphatic carbocycles. The largest absolute Gasteiger partial charge is 0.337 e. The predicted octanol–water partition coefficient (Wildman–Crippen LogP) is 2.51. The zero-order valence-corrected chi connectivity index (χ0v) is 17.9. The summed E-state index contributed by atoms with van der Waals surface area (Å²) >= 11 is 0. The molecule has 5 heteroatoms. The van der Waals surface area contributed by atoms with Gasteiger partial charge in [0, 0.05) is 38.1 Å². The van der Waals surface area contributed by atoms with Crippen molar-refractivity contribution in [1.82, 2.24) is 19.6 Å². The van der Waals surface area contributed by atoms with Crippen LogP contribution in [0.3, 0.4) is 0 Å². The van der Waals surface area contributed by atoms with Crippen LogP contribution in [-0.4, -0.2) is 97.0 Å². The summed E-state index contributed by atoms with van der Waals surface area (Å²) in [5.41, 5.74) is 0. The quantitative estimate of drug-likeness (QED) is 0.618. The molecule has 0 aromatic rings. The van der Waals surface area contributed by atoms with E-state index in [0.717, 1.165) is 19.1 Å². The van der Waals surface area contributed by atoms with Crippen LogP contribution < -0.4 is 0 Å². The molecule has 0 radical (unpaired) electrons. The fourth-order valence-electron chi connectivity index (χ4n) is 4.60. The first-order valence-corrected chi connectivity index (χ1v) is 10.8. The summed E-state index contributed by atoms with van der Waals surface area (Å²) in [7, 11) is 4.55. The first-order chi connectivity index (χ1) is 12.4. The summed E-state index contributed by atoms with van der Waals surface area (Å²) in [6.45, 7) is 13.0. The number of unbranched alkanes of at least 4 members (excludes halogenated alkanes) is 3. The molecule has 5 nitrogen and oxygen atoms in total. The Bertz CT molecular complexity index is 422. The van der Waals surface area contributed by atoms with Crippen molar-refractivity contribution in [2.75, 3.05) is 53.4 Å². The van der Waals surface area contributed by atoms with Crippen LogP contribution in [0, 0.1) is 0 Å². The van der Waals surface area contributed by atoms with Crippen LogP contribution in [0.1, 0.15) is 59.3 Å². The molecule has 2 aliphatic heterocycles. The lowest BCUT2D eigenvalue weighted by Gasteiger charge is -2.44. The van der Waals surface area contributed by atoms with E-state index in [1.807, 2.05) is 4.90 Å². The molecule has 0 aromatic heterocycles. The van der Waals surface area contributed by atoms with E-state index >= 15 is 0 Å². The molecule has 2 atom stereocenters. The van der Waals surface area contributed by atoms with Gasteiger partial charge in [-0.3, -0.25) is 9.69 Å². The molecule has 0 saturated carbocycles. The highest BCUT2D eigenvalue weighted by Gasteiger charge is 2.29. The molecule has 0 spiro atoms. The maximum atomic E-state index is 11.7. The Kier molecular flexibility index (Phi) is 8.85. The first-order valence-electron chi connectivity index (χ1n) is 10.8. The van der Waals surface area contributed by atoms with Gasteiger partial charge in [0.05, 0.1) is 0 Å². The van der Waals surface area contributed by atoms with Gasteiger partial charge in [-0.05, 0) is 79.8 Å². The van der Waals surface area contributed by atoms with E-state index in [0.29, 0.717) is 12.1 Å². The molecule has 0 bridgehead atoms. The maximum Gasteiger partial charge on any atom is 0.219 e. The number of piperazine rings is 1. The highest BCUT2D eigenvalue weighted by atomic mass is 16.2. The van der Waals surface area contributed by atoms with Gasteiger partial charge in [-0.1, -0.05) is 12.8 Å². The van der Waals surface area contributed by atoms with Gasteiger partial charge in [-0.15, -0.1) is 0 Å². The Labute approximate surface area is 161 Å². The van der Waals surface area contributed by atoms with E-state index < -0.39 is 0 Å². The second kappa shape index (κ2) is 10.6. The highest BCUT2D eigenvalue weighted by Crippen LogP contribution is 2.17. The number of hydrogen-bond acceptors (Lipinski definition) is 4. The van der Waals surface area contributed by atoms with Crippen LogP contribution in [0.25, 0.3) is 0 Å². The van der Waals surface area contributed by atoms with Gasteiger partial charge in [-0.2, -0.15) is 0 Å². The Morgan fingerprint density at radius 1 is 1.00 bits per heavy atom. The average molecular weight is 367 g/mol. The van der Waals surface area contributed by atoms with E-state index in [1.54, 1.807) is 6.92 Å². The Balaban J connectivity index is 1.54. The fourth-order valence-corrected chi connectivity index (χ4v) is 4.60. The molecule has 2 fully saturated rings. The average Bonchev–Trinajstić information content (AvgIpc) is 2.60. The van der Waals surface area contributed by atoms with Crippen molar-refractivity contribution in [2.45, 2.75) is 77.4 Å². The van der Waals surface area contributed by atoms with Crippen LogP contribution in [0.5, 0.6) is 0 Å². The molecule has 26 heavy (non-hydrogen) atoms. The minimum absolute atomic E-state index is 0.220. The van der Waals surface area contributed by atoms with Crippen molar-refractivity contribution in [3.8, 4) is 0 Å². The van der Waals surface area contributed by atoms with Crippen molar-refractivity contribution >= 4 is 5.91 Å². The third-order valence-corrected chi connectivity index (χ3v) is 6.54. The van der Waals surface area contributed by atoms with Crippen LogP contribution in [0.2, 0.25) is 0 Å². The fraction of sp³-hybridized carbons (Fsp3) is 0.952. The number of carbonyl (C=O) groups excluding carboxylic acids is 1. The second-order valence-corrected chi connectivity index (χ2v) is 8.79. The Morgan fingerprint density at radius 3 is 2.31 bits per heavy atom. The van der Waals surface area contributed by atoms with Crippen LogP contribution in [-0.2, 0) is 4.79 Å². The van der Waals surface area contributed by atoms with Gasteiger partial charge >= 0.3 is 0 Å². The van der Waals surface area contributed by atoms with Crippen LogP contribution in [0.15, 0.2) is 0 Å². The van der Waals surface area contributed by atoms with E-state index in [1.165, 1.54) is 64.7 Å². The maximum absolute atomic E-state index is 11.7. The van der Waals surface area contributed by atoms with Gasteiger partial charge in [-0.25, -0.2) is 0 Å². The van der Waals surface area contributed by atoms with Gasteiger partial charge in [0.1, 0.15) is 0 Å². The topological polar surface area (TPSA) is 30.0 Å². The highest BCUT2D eigenvalue weighted by molar-refractivity contribution is 5.73. The number of likely N-dealkylation sites (tertiary alicyclic amines) is 1. The normalized spacial score (nSPS) is 26.6. The SMILES string of the molecule is CC(=O)N1C[C@H](C)N(CCCCCCN(C)C2CCN(C)CC2)C[C@H]1C. The van der Waals surface area contributed by atoms with E-state index in [4.69, 9.17) is 0 Å². The molecular formula is C21H42N4O. The smallest absolute Gasteiger partial charge is 0.219 e. The van der Waals surface area contributed by atoms with Crippen molar-refractivity contribution < 1.29 is 4.79 Å². The second-order valence-electron chi connectivity index (χ2n) is 8.79. The van der Waals surface area contributed by atoms with Crippen LogP contribution >= 0.6 is 0 Å². The zero-order chi connectivity index (χ0) is 19.1. The predicted molar refractivity (Wildman–Crippen MR) is 110 cm³/mol. The van der Waals surface area contributed by atoms with Crippen LogP contribution in [0.4, 0.5) is 0 Å². The Hall–Kier alpha value is -0.650. The molecule has 0 N–H and O–H groups in total. The van der Waals surface area contributed by atoms with Gasteiger partial charge in [0.25, 0.3) is 0 Å². The van der Waals surface area contributed by atoms with E-state index in [-0.39, 0.29) is 5.91 Å². The first kappa shape index (κ1) is 21.6. The van der Waals surface area contributed by atoms with E-state index in [9.17, 15) is 4.79 Å². The molecule has 1 amide bonds. The molecule has 2 heterocycles. The third-order valence-electron chi connectivity index (χ3n) is 6.54. The lowest BCUT2D eigenvalue weighted by molar-refractivity contribution is -0.134. The van der Waals surface area contributed by atoms with Crippen molar-refractivity contribution in [2.24, 2.45) is 0 Å². The molecule has 2 saturated heterocycles. The molecule has 2 aliphatic rings. The summed E-state index contributed by atoms with van der Waals surface area (Å²) in [6.07, 6.45) is 7.94. The number of carbonyl (C=O) groups is 1. The molecular weight excluding hydrogens is 324 g/mol. The molecule has 2 rings (SSSR count). The minimum Gasteiger partial charge on any atom is -0.337 e. The molecule has 0 aromatic carbocycles. The van der Waals surface area contributed by atoms with Crippen molar-refractivity contribution in [1.29, 1.82) is 0 Å². The van der Waals surface area contributed by atoms with Crippen molar-refractivity contribution in [3.05, 3.63) is 0 Å². The third kappa shape index (κ3) is 6.50. The summed E-state index contributed by atoms with van der Waals surface area (Å²) in [5, 5.41) is 0. The lowest BCUT2D eigenvalue weighted by atomic mass is 10.0. The van der Waals surface area contributed by atoms with Gasteiger partial charge in [0.2, 0.25) is 5.91 Å². The van der Waals surface area contributed by atoms with Gasteiger partial charge < -0.3 is 14.7 Å². The summed E-state index contributed by atoms with van der Waals surface area (Å²) in [4.78, 5) is 21.3. The minimum atomic E-state index is 0.220. The molecule has 152 valence electrons. The number of hydrogen-bond donors (Lipinski definition) is 0. The van der Waals surface area contributed by atoms with Crippen molar-refractivity contribution in [3.63, 3.8) is 0 Å². The summed E-state index contributed by atoms with van der Waals surface area (Å²) < 4.78 is 0. The number of piperidine rings is 1. The molecule has 0 unspecified atom stereocenters. The standard InChI is InChI=1S/C21H42N4O/c1-18-17-25(20(3)26)19(2)16-24(18)13-9-7-6-8-12-23(5)21-10-14-22(4)15-11-21/h18-19,21H,6-17H2,1-5H3/t18-,19+/m0/s1. The van der Waals surface area contributed by atoms with E-state index in [2.05, 4.69) is 42.6 Å². The zero-order valence-electron chi connectivity index (χ0n) is 17.9.